The second kappa shape index (κ2) is 6.10. The highest BCUT2D eigenvalue weighted by atomic mass is 19.4. The molecule has 0 aliphatic heterocycles. The summed E-state index contributed by atoms with van der Waals surface area (Å²) in [5.74, 6) is 0.132. The van der Waals surface area contributed by atoms with Gasteiger partial charge in [0.25, 0.3) is 5.78 Å². The monoisotopic (exact) mass is 335 g/mol. The van der Waals surface area contributed by atoms with Crippen LogP contribution in [0, 0.1) is 13.8 Å². The van der Waals surface area contributed by atoms with E-state index in [2.05, 4.69) is 38.6 Å². The first-order valence-corrected chi connectivity index (χ1v) is 7.42. The molecule has 3 rings (SSSR count). The van der Waals surface area contributed by atoms with Gasteiger partial charge in [0.1, 0.15) is 12.1 Å². The number of aryl methyl sites for hydroxylation is 2. The number of anilines is 1. The molecule has 0 spiro atoms. The number of hydrogen-bond acceptors (Lipinski definition) is 4. The lowest BCUT2D eigenvalue weighted by atomic mass is 10.1. The Hall–Kier alpha value is -2.64. The van der Waals surface area contributed by atoms with Gasteiger partial charge in [-0.15, -0.1) is 0 Å². The highest BCUT2D eigenvalue weighted by molar-refractivity contribution is 5.45. The second-order valence-electron chi connectivity index (χ2n) is 5.67. The summed E-state index contributed by atoms with van der Waals surface area (Å²) in [6.07, 6.45) is -2.67. The summed E-state index contributed by atoms with van der Waals surface area (Å²) in [6.45, 7) is 4.50. The van der Waals surface area contributed by atoms with Crippen molar-refractivity contribution >= 4 is 11.6 Å². The van der Waals surface area contributed by atoms with Gasteiger partial charge in [-0.05, 0) is 25.8 Å². The lowest BCUT2D eigenvalue weighted by Crippen LogP contribution is -2.14. The Kier molecular flexibility index (Phi) is 4.13. The zero-order valence-corrected chi connectivity index (χ0v) is 13.2. The molecule has 0 bridgehead atoms. The predicted octanol–water partition coefficient (Wildman–Crippen LogP) is 3.41. The van der Waals surface area contributed by atoms with Crippen LogP contribution in [0.5, 0.6) is 0 Å². The van der Waals surface area contributed by atoms with Gasteiger partial charge >= 0.3 is 6.18 Å². The van der Waals surface area contributed by atoms with Gasteiger partial charge in [0.2, 0.25) is 0 Å². The van der Waals surface area contributed by atoms with Gasteiger partial charge in [0.15, 0.2) is 5.69 Å². The maximum absolute atomic E-state index is 12.9. The number of rotatable bonds is 4. The molecule has 8 heteroatoms. The molecule has 0 fully saturated rings. The Bertz CT molecular complexity index is 850. The largest absolute Gasteiger partial charge is 0.433 e. The van der Waals surface area contributed by atoms with Gasteiger partial charge in [-0.2, -0.15) is 27.8 Å². The van der Waals surface area contributed by atoms with Crippen molar-refractivity contribution in [1.29, 1.82) is 0 Å². The molecule has 0 unspecified atom stereocenters. The molecule has 1 N–H and O–H groups in total. The quantitative estimate of drug-likeness (QED) is 0.794. The van der Waals surface area contributed by atoms with Crippen LogP contribution in [-0.2, 0) is 12.6 Å². The van der Waals surface area contributed by atoms with Crippen molar-refractivity contribution < 1.29 is 13.2 Å². The van der Waals surface area contributed by atoms with Crippen molar-refractivity contribution in [2.24, 2.45) is 0 Å². The van der Waals surface area contributed by atoms with Crippen LogP contribution >= 0.6 is 0 Å². The Balaban J connectivity index is 1.80. The lowest BCUT2D eigenvalue weighted by Gasteiger charge is -2.12. The number of benzene rings is 1. The molecule has 1 aromatic carbocycles. The van der Waals surface area contributed by atoms with Crippen molar-refractivity contribution in [3.63, 3.8) is 0 Å². The number of hydrogen-bond donors (Lipinski definition) is 1. The molecule has 126 valence electrons. The van der Waals surface area contributed by atoms with Crippen molar-refractivity contribution in [1.82, 2.24) is 19.6 Å². The summed E-state index contributed by atoms with van der Waals surface area (Å²) in [7, 11) is 0. The van der Waals surface area contributed by atoms with E-state index in [1.54, 1.807) is 0 Å². The van der Waals surface area contributed by atoms with Gasteiger partial charge in [-0.3, -0.25) is 0 Å². The summed E-state index contributed by atoms with van der Waals surface area (Å²) in [4.78, 5) is 7.22. The zero-order chi connectivity index (χ0) is 17.3. The molecule has 0 radical (unpaired) electrons. The van der Waals surface area contributed by atoms with Crippen LogP contribution in [-0.4, -0.2) is 26.1 Å². The van der Waals surface area contributed by atoms with E-state index in [-0.39, 0.29) is 11.6 Å². The van der Waals surface area contributed by atoms with Gasteiger partial charge in [-0.25, -0.2) is 4.98 Å². The van der Waals surface area contributed by atoms with Crippen LogP contribution in [0.2, 0.25) is 0 Å². The Morgan fingerprint density at radius 3 is 2.46 bits per heavy atom. The average molecular weight is 335 g/mol. The fraction of sp³-hybridized carbons (Fsp3) is 0.312. The Morgan fingerprint density at radius 1 is 1.08 bits per heavy atom. The Morgan fingerprint density at radius 2 is 1.79 bits per heavy atom. The first kappa shape index (κ1) is 16.2. The number of aromatic nitrogens is 4. The van der Waals surface area contributed by atoms with Crippen molar-refractivity contribution in [2.75, 3.05) is 11.9 Å². The standard InChI is InChI=1S/C16H16F3N5/c1-10-5-11(2)7-12(6-10)3-4-20-14-8-13(16(17,18)19)23-15-21-9-22-24(14)15/h5-9,20H,3-4H2,1-2H3. The zero-order valence-electron chi connectivity index (χ0n) is 13.2. The predicted molar refractivity (Wildman–Crippen MR) is 83.9 cm³/mol. The van der Waals surface area contributed by atoms with Crippen LogP contribution in [0.25, 0.3) is 5.78 Å². The molecule has 2 heterocycles. The molecule has 0 atom stereocenters. The molecular weight excluding hydrogens is 319 g/mol. The minimum atomic E-state index is -4.53. The molecule has 0 aliphatic carbocycles. The van der Waals surface area contributed by atoms with Crippen molar-refractivity contribution in [2.45, 2.75) is 26.4 Å². The van der Waals surface area contributed by atoms with E-state index in [0.29, 0.717) is 13.0 Å². The van der Waals surface area contributed by atoms with E-state index in [9.17, 15) is 13.2 Å². The van der Waals surface area contributed by atoms with Crippen LogP contribution in [0.3, 0.4) is 0 Å². The molecule has 0 aliphatic rings. The number of fused-ring (bicyclic) bond motifs is 1. The summed E-state index contributed by atoms with van der Waals surface area (Å²) < 4.78 is 40.1. The van der Waals surface area contributed by atoms with Crippen molar-refractivity contribution in [3.05, 3.63) is 53.0 Å². The van der Waals surface area contributed by atoms with E-state index in [0.717, 1.165) is 22.8 Å². The van der Waals surface area contributed by atoms with E-state index in [1.165, 1.54) is 10.8 Å². The summed E-state index contributed by atoms with van der Waals surface area (Å²) in [6, 6.07) is 7.15. The smallest absolute Gasteiger partial charge is 0.370 e. The summed E-state index contributed by atoms with van der Waals surface area (Å²) in [5.41, 5.74) is 2.45. The molecular formula is C16H16F3N5. The average Bonchev–Trinajstić information content (AvgIpc) is 2.93. The normalized spacial score (nSPS) is 11.9. The highest BCUT2D eigenvalue weighted by Gasteiger charge is 2.34. The topological polar surface area (TPSA) is 55.1 Å². The minimum Gasteiger partial charge on any atom is -0.370 e. The van der Waals surface area contributed by atoms with Crippen LogP contribution in [0.4, 0.5) is 19.0 Å². The van der Waals surface area contributed by atoms with Gasteiger partial charge < -0.3 is 5.32 Å². The van der Waals surface area contributed by atoms with Crippen LogP contribution in [0.15, 0.2) is 30.6 Å². The molecule has 0 saturated heterocycles. The van der Waals surface area contributed by atoms with Gasteiger partial charge in [0, 0.05) is 12.6 Å². The molecule has 3 aromatic rings. The first-order chi connectivity index (χ1) is 11.3. The van der Waals surface area contributed by atoms with Gasteiger partial charge in [0.05, 0.1) is 0 Å². The number of halogens is 3. The highest BCUT2D eigenvalue weighted by Crippen LogP contribution is 2.29. The SMILES string of the molecule is Cc1cc(C)cc(CCNc2cc(C(F)(F)F)nc3ncnn23)c1. The summed E-state index contributed by atoms with van der Waals surface area (Å²) in [5, 5.41) is 6.90. The fourth-order valence-electron chi connectivity index (χ4n) is 2.63. The second-order valence-corrected chi connectivity index (χ2v) is 5.67. The van der Waals surface area contributed by atoms with E-state index in [4.69, 9.17) is 0 Å². The maximum Gasteiger partial charge on any atom is 0.433 e. The maximum atomic E-state index is 12.9. The number of alkyl halides is 3. The number of nitrogens with zero attached hydrogens (tertiary/aromatic N) is 4. The summed E-state index contributed by atoms with van der Waals surface area (Å²) >= 11 is 0. The third-order valence-corrected chi connectivity index (χ3v) is 3.54. The Labute approximate surface area is 136 Å². The fourth-order valence-corrected chi connectivity index (χ4v) is 2.63. The van der Waals surface area contributed by atoms with E-state index in [1.807, 2.05) is 13.8 Å². The van der Waals surface area contributed by atoms with Crippen molar-refractivity contribution in [3.8, 4) is 0 Å². The van der Waals surface area contributed by atoms with E-state index < -0.39 is 11.9 Å². The number of nitrogens with one attached hydrogen (secondary N) is 1. The molecule has 0 amide bonds. The minimum absolute atomic E-state index is 0.0845. The molecule has 2 aromatic heterocycles. The third kappa shape index (κ3) is 3.47. The molecule has 5 nitrogen and oxygen atoms in total. The third-order valence-electron chi connectivity index (χ3n) is 3.54. The van der Waals surface area contributed by atoms with Crippen LogP contribution < -0.4 is 5.32 Å². The lowest BCUT2D eigenvalue weighted by molar-refractivity contribution is -0.141. The molecule has 0 saturated carbocycles. The molecule has 24 heavy (non-hydrogen) atoms. The van der Waals surface area contributed by atoms with E-state index >= 15 is 0 Å². The van der Waals surface area contributed by atoms with Gasteiger partial charge in [-0.1, -0.05) is 29.3 Å². The first-order valence-electron chi connectivity index (χ1n) is 7.42. The van der Waals surface area contributed by atoms with Crippen LogP contribution in [0.1, 0.15) is 22.4 Å².